The van der Waals surface area contributed by atoms with Crippen molar-refractivity contribution in [2.45, 2.75) is 23.9 Å². The van der Waals surface area contributed by atoms with Gasteiger partial charge in [0.05, 0.1) is 10.8 Å². The number of hydrogen-bond acceptors (Lipinski definition) is 6. The monoisotopic (exact) mass is 501 g/mol. The van der Waals surface area contributed by atoms with Crippen molar-refractivity contribution in [2.24, 2.45) is 0 Å². The molecule has 0 saturated heterocycles. The van der Waals surface area contributed by atoms with Gasteiger partial charge in [-0.05, 0) is 48.0 Å². The predicted octanol–water partition coefficient (Wildman–Crippen LogP) is 3.00. The predicted molar refractivity (Wildman–Crippen MR) is 127 cm³/mol. The van der Waals surface area contributed by atoms with E-state index in [2.05, 4.69) is 5.32 Å². The Hall–Kier alpha value is -3.01. The van der Waals surface area contributed by atoms with Crippen molar-refractivity contribution in [2.75, 3.05) is 26.8 Å². The fraction of sp³-hybridized carbons (Fsp3) is 0.292. The average Bonchev–Trinajstić information content (AvgIpc) is 3.42. The molecule has 1 aromatic heterocycles. The summed E-state index contributed by atoms with van der Waals surface area (Å²) in [4.78, 5) is 15.2. The number of amides is 1. The normalized spacial score (nSPS) is 15.8. The number of carbonyl (C=O) groups excluding carboxylic acids is 1. The lowest BCUT2D eigenvalue weighted by atomic mass is 9.97. The number of aromatic nitrogens is 1. The van der Waals surface area contributed by atoms with E-state index >= 15 is 0 Å². The third kappa shape index (κ3) is 4.15. The second-order valence-corrected chi connectivity index (χ2v) is 10.6. The van der Waals surface area contributed by atoms with E-state index in [1.54, 1.807) is 42.5 Å². The lowest BCUT2D eigenvalue weighted by Gasteiger charge is -2.24. The van der Waals surface area contributed by atoms with Crippen molar-refractivity contribution in [1.82, 2.24) is 14.2 Å². The minimum absolute atomic E-state index is 0.0333. The molecule has 1 atom stereocenters. The first kappa shape index (κ1) is 22.8. The number of benzene rings is 2. The van der Waals surface area contributed by atoms with Gasteiger partial charge in [0.1, 0.15) is 13.2 Å². The van der Waals surface area contributed by atoms with E-state index in [1.807, 2.05) is 12.1 Å². The largest absolute Gasteiger partial charge is 0.486 e. The van der Waals surface area contributed by atoms with Crippen LogP contribution < -0.4 is 14.8 Å². The quantitative estimate of drug-likeness (QED) is 0.558. The standard InChI is InChI=1S/C24H24ClN3O5S/c1-26-11-21(16-3-2-4-19(25)9-16)24(29)27-12-17-14-28(15-18(17)13-27)34(30,31)20-5-6-22-23(10-20)33-8-7-32-22/h2-6,9-10,14-15,21,26H,7-8,11-13H2,1H3. The maximum absolute atomic E-state index is 13.3. The highest BCUT2D eigenvalue weighted by atomic mass is 35.5. The summed E-state index contributed by atoms with van der Waals surface area (Å²) in [6.45, 7) is 1.97. The number of nitrogens with zero attached hydrogens (tertiary/aromatic N) is 2. The maximum atomic E-state index is 13.3. The van der Waals surface area contributed by atoms with Crippen LogP contribution in [0.2, 0.25) is 5.02 Å². The molecule has 0 saturated carbocycles. The van der Waals surface area contributed by atoms with Crippen LogP contribution in [0.4, 0.5) is 0 Å². The highest BCUT2D eigenvalue weighted by molar-refractivity contribution is 7.90. The number of nitrogens with one attached hydrogen (secondary N) is 1. The molecule has 1 unspecified atom stereocenters. The average molecular weight is 502 g/mol. The third-order valence-electron chi connectivity index (χ3n) is 6.06. The van der Waals surface area contributed by atoms with Gasteiger partial charge in [0.2, 0.25) is 5.91 Å². The van der Waals surface area contributed by atoms with Crippen molar-refractivity contribution in [3.63, 3.8) is 0 Å². The van der Waals surface area contributed by atoms with Crippen LogP contribution in [0.15, 0.2) is 59.8 Å². The van der Waals surface area contributed by atoms with Crippen molar-refractivity contribution in [3.05, 3.63) is 76.6 Å². The highest BCUT2D eigenvalue weighted by Crippen LogP contribution is 2.34. The van der Waals surface area contributed by atoms with Gasteiger partial charge in [0.25, 0.3) is 10.0 Å². The Morgan fingerprint density at radius 2 is 1.76 bits per heavy atom. The summed E-state index contributed by atoms with van der Waals surface area (Å²) in [6.07, 6.45) is 3.17. The highest BCUT2D eigenvalue weighted by Gasteiger charge is 2.32. The zero-order valence-electron chi connectivity index (χ0n) is 18.5. The van der Waals surface area contributed by atoms with Crippen molar-refractivity contribution < 1.29 is 22.7 Å². The molecule has 0 fully saturated rings. The molecule has 2 aliphatic rings. The van der Waals surface area contributed by atoms with Crippen LogP contribution in [0.25, 0.3) is 0 Å². The summed E-state index contributed by atoms with van der Waals surface area (Å²) in [5, 5.41) is 3.66. The lowest BCUT2D eigenvalue weighted by Crippen LogP contribution is -2.35. The summed E-state index contributed by atoms with van der Waals surface area (Å²) < 4.78 is 38.7. The zero-order valence-corrected chi connectivity index (χ0v) is 20.1. The van der Waals surface area contributed by atoms with Crippen molar-refractivity contribution >= 4 is 27.5 Å². The van der Waals surface area contributed by atoms with Crippen molar-refractivity contribution in [3.8, 4) is 11.5 Å². The molecule has 1 N–H and O–H groups in total. The molecule has 0 bridgehead atoms. The van der Waals surface area contributed by atoms with E-state index in [1.165, 1.54) is 16.1 Å². The third-order valence-corrected chi connectivity index (χ3v) is 7.91. The number of halogens is 1. The Morgan fingerprint density at radius 1 is 1.06 bits per heavy atom. The molecule has 2 aromatic carbocycles. The van der Waals surface area contributed by atoms with Crippen molar-refractivity contribution in [1.29, 1.82) is 0 Å². The van der Waals surface area contributed by atoms with E-state index in [-0.39, 0.29) is 16.7 Å². The fourth-order valence-electron chi connectivity index (χ4n) is 4.36. The number of rotatable bonds is 6. The Labute approximate surface area is 203 Å². The second-order valence-electron chi connectivity index (χ2n) is 8.31. The molecule has 3 heterocycles. The number of hydrogen-bond donors (Lipinski definition) is 1. The van der Waals surface area contributed by atoms with E-state index in [0.29, 0.717) is 49.4 Å². The van der Waals surface area contributed by atoms with E-state index < -0.39 is 10.0 Å². The molecular weight excluding hydrogens is 478 g/mol. The summed E-state index contributed by atoms with van der Waals surface area (Å²) in [5.74, 6) is 0.529. The Bertz CT molecular complexity index is 1330. The van der Waals surface area contributed by atoms with Gasteiger partial charge in [-0.1, -0.05) is 23.7 Å². The van der Waals surface area contributed by atoms with Crippen LogP contribution in [0.1, 0.15) is 22.6 Å². The molecule has 0 radical (unpaired) electrons. The van der Waals surface area contributed by atoms with Gasteiger partial charge in [0.15, 0.2) is 11.5 Å². The first-order valence-corrected chi connectivity index (χ1v) is 12.7. The second kappa shape index (κ2) is 8.98. The molecule has 0 aliphatic carbocycles. The van der Waals surface area contributed by atoms with Crippen LogP contribution in [-0.2, 0) is 27.9 Å². The first-order chi connectivity index (χ1) is 16.4. The molecule has 10 heteroatoms. The van der Waals surface area contributed by atoms with Crippen LogP contribution in [0.3, 0.4) is 0 Å². The summed E-state index contributed by atoms with van der Waals surface area (Å²) in [5.41, 5.74) is 2.46. The smallest absolute Gasteiger partial charge is 0.267 e. The molecule has 2 aliphatic heterocycles. The number of fused-ring (bicyclic) bond motifs is 2. The van der Waals surface area contributed by atoms with Gasteiger partial charge >= 0.3 is 0 Å². The first-order valence-electron chi connectivity index (χ1n) is 10.9. The van der Waals surface area contributed by atoms with Crippen LogP contribution >= 0.6 is 11.6 Å². The van der Waals surface area contributed by atoms with Gasteiger partial charge in [-0.25, -0.2) is 12.4 Å². The number of carbonyl (C=O) groups is 1. The Kier molecular flexibility index (Phi) is 6.01. The van der Waals surface area contributed by atoms with E-state index in [9.17, 15) is 13.2 Å². The van der Waals surface area contributed by atoms with Gasteiger partial charge in [-0.2, -0.15) is 0 Å². The molecule has 8 nitrogen and oxygen atoms in total. The molecule has 34 heavy (non-hydrogen) atoms. The Morgan fingerprint density at radius 3 is 2.44 bits per heavy atom. The summed E-state index contributed by atoms with van der Waals surface area (Å²) >= 11 is 6.14. The van der Waals surface area contributed by atoms with Gasteiger partial charge in [-0.3, -0.25) is 4.79 Å². The van der Waals surface area contributed by atoms with Gasteiger partial charge in [0, 0.05) is 43.1 Å². The minimum Gasteiger partial charge on any atom is -0.486 e. The molecule has 178 valence electrons. The number of likely N-dealkylation sites (N-methyl/N-ethyl adjacent to an activating group) is 1. The molecule has 1 amide bonds. The minimum atomic E-state index is -3.81. The van der Waals surface area contributed by atoms with Crippen LogP contribution in [0.5, 0.6) is 11.5 Å². The van der Waals surface area contributed by atoms with Crippen LogP contribution in [0, 0.1) is 0 Å². The van der Waals surface area contributed by atoms with E-state index in [0.717, 1.165) is 16.7 Å². The molecule has 5 rings (SSSR count). The molecule has 0 spiro atoms. The topological polar surface area (TPSA) is 89.9 Å². The zero-order chi connectivity index (χ0) is 23.9. The molecular formula is C24H24ClN3O5S. The lowest BCUT2D eigenvalue weighted by molar-refractivity contribution is -0.133. The van der Waals surface area contributed by atoms with E-state index in [4.69, 9.17) is 21.1 Å². The summed E-state index contributed by atoms with van der Waals surface area (Å²) in [7, 11) is -2.01. The van der Waals surface area contributed by atoms with Gasteiger partial charge < -0.3 is 19.7 Å². The Balaban J connectivity index is 1.36. The SMILES string of the molecule is CNCC(C(=O)N1Cc2cn(S(=O)(=O)c3ccc4c(c3)OCCO4)cc2C1)c1cccc(Cl)c1. The molecule has 3 aromatic rings. The summed E-state index contributed by atoms with van der Waals surface area (Å²) in [6, 6.07) is 11.9. The fourth-order valence-corrected chi connectivity index (χ4v) is 5.83. The van der Waals surface area contributed by atoms with Crippen LogP contribution in [-0.4, -0.2) is 50.0 Å². The van der Waals surface area contributed by atoms with Gasteiger partial charge in [-0.15, -0.1) is 0 Å². The maximum Gasteiger partial charge on any atom is 0.267 e. The number of ether oxygens (including phenoxy) is 2.